The lowest BCUT2D eigenvalue weighted by atomic mass is 10.1. The molecule has 11 heavy (non-hydrogen) atoms. The smallest absolute Gasteiger partial charge is 0.00427 e. The predicted octanol–water partition coefficient (Wildman–Crippen LogP) is 3.32. The number of unbranched alkanes of at least 4 members (excludes halogenated alkanes) is 1. The fourth-order valence-corrected chi connectivity index (χ4v) is 1.34. The number of rotatable bonds is 3. The molecule has 0 amide bonds. The van der Waals surface area contributed by atoms with E-state index < -0.39 is 0 Å². The van der Waals surface area contributed by atoms with E-state index in [2.05, 4.69) is 37.8 Å². The van der Waals surface area contributed by atoms with E-state index in [1.807, 2.05) is 6.07 Å². The maximum absolute atomic E-state index is 4.28. The van der Waals surface area contributed by atoms with Crippen molar-refractivity contribution in [2.45, 2.75) is 31.1 Å². The van der Waals surface area contributed by atoms with Gasteiger partial charge in [0.15, 0.2) is 0 Å². The van der Waals surface area contributed by atoms with Gasteiger partial charge in [-0.2, -0.15) is 0 Å². The first-order valence-corrected chi connectivity index (χ1v) is 4.55. The van der Waals surface area contributed by atoms with Crippen LogP contribution in [0.3, 0.4) is 0 Å². The van der Waals surface area contributed by atoms with Crippen molar-refractivity contribution in [1.82, 2.24) is 0 Å². The van der Waals surface area contributed by atoms with Crippen LogP contribution in [0.4, 0.5) is 0 Å². The highest BCUT2D eigenvalue weighted by Gasteiger charge is 1.91. The van der Waals surface area contributed by atoms with Gasteiger partial charge in [-0.1, -0.05) is 25.5 Å². The molecule has 0 aliphatic carbocycles. The highest BCUT2D eigenvalue weighted by Crippen LogP contribution is 2.10. The van der Waals surface area contributed by atoms with E-state index in [1.165, 1.54) is 24.8 Å². The first-order valence-electron chi connectivity index (χ1n) is 4.11. The van der Waals surface area contributed by atoms with Crippen molar-refractivity contribution < 1.29 is 0 Å². The van der Waals surface area contributed by atoms with Crippen LogP contribution in [-0.2, 0) is 6.42 Å². The highest BCUT2D eigenvalue weighted by atomic mass is 32.1. The molecule has 0 atom stereocenters. The third-order valence-electron chi connectivity index (χ3n) is 1.73. The molecule has 0 radical (unpaired) electrons. The van der Waals surface area contributed by atoms with Gasteiger partial charge in [-0.3, -0.25) is 0 Å². The normalized spacial score (nSPS) is 10.0. The second kappa shape index (κ2) is 4.45. The predicted molar refractivity (Wildman–Crippen MR) is 52.3 cm³/mol. The maximum atomic E-state index is 4.28. The fourth-order valence-electron chi connectivity index (χ4n) is 1.09. The van der Waals surface area contributed by atoms with Gasteiger partial charge in [-0.05, 0) is 30.5 Å². The summed E-state index contributed by atoms with van der Waals surface area (Å²) in [6.07, 6.45) is 3.72. The minimum Gasteiger partial charge on any atom is -0.143 e. The average Bonchev–Trinajstić information content (AvgIpc) is 2.01. The van der Waals surface area contributed by atoms with Crippen LogP contribution >= 0.6 is 12.6 Å². The minimum absolute atomic E-state index is 1.07. The van der Waals surface area contributed by atoms with Crippen molar-refractivity contribution in [3.63, 3.8) is 0 Å². The van der Waals surface area contributed by atoms with Gasteiger partial charge in [0.25, 0.3) is 0 Å². The van der Waals surface area contributed by atoms with Crippen molar-refractivity contribution >= 4 is 12.6 Å². The van der Waals surface area contributed by atoms with E-state index in [0.717, 1.165) is 4.90 Å². The second-order valence-corrected chi connectivity index (χ2v) is 3.29. The van der Waals surface area contributed by atoms with Gasteiger partial charge >= 0.3 is 0 Å². The summed E-state index contributed by atoms with van der Waals surface area (Å²) < 4.78 is 0. The lowest BCUT2D eigenvalue weighted by Gasteiger charge is -1.99. The molecule has 1 heteroatoms. The molecular formula is C10H14S. The first kappa shape index (κ1) is 8.66. The van der Waals surface area contributed by atoms with Crippen LogP contribution in [0.5, 0.6) is 0 Å². The van der Waals surface area contributed by atoms with Crippen molar-refractivity contribution in [3.8, 4) is 0 Å². The highest BCUT2D eigenvalue weighted by molar-refractivity contribution is 7.80. The molecule has 1 aromatic carbocycles. The van der Waals surface area contributed by atoms with Crippen LogP contribution in [0.1, 0.15) is 25.3 Å². The van der Waals surface area contributed by atoms with E-state index in [1.54, 1.807) is 0 Å². The largest absolute Gasteiger partial charge is 0.143 e. The molecule has 0 unspecified atom stereocenters. The summed E-state index contributed by atoms with van der Waals surface area (Å²) in [5.41, 5.74) is 1.40. The van der Waals surface area contributed by atoms with Crippen LogP contribution in [0, 0.1) is 0 Å². The summed E-state index contributed by atoms with van der Waals surface area (Å²) in [5, 5.41) is 0. The maximum Gasteiger partial charge on any atom is 0.00427 e. The molecule has 1 rings (SSSR count). The Morgan fingerprint density at radius 1 is 1.36 bits per heavy atom. The van der Waals surface area contributed by atoms with E-state index in [0.29, 0.717) is 0 Å². The van der Waals surface area contributed by atoms with E-state index in [4.69, 9.17) is 0 Å². The summed E-state index contributed by atoms with van der Waals surface area (Å²) in [7, 11) is 0. The standard InChI is InChI=1S/C10H14S/c1-2-3-5-9-6-4-7-10(11)8-9/h4,6-8,11H,2-3,5H2,1H3. The lowest BCUT2D eigenvalue weighted by Crippen LogP contribution is -1.83. The molecular weight excluding hydrogens is 152 g/mol. The zero-order valence-corrected chi connectivity index (χ0v) is 7.77. The third kappa shape index (κ3) is 2.98. The molecule has 0 aliphatic heterocycles. The van der Waals surface area contributed by atoms with E-state index >= 15 is 0 Å². The van der Waals surface area contributed by atoms with Crippen molar-refractivity contribution in [2.24, 2.45) is 0 Å². The van der Waals surface area contributed by atoms with Crippen LogP contribution in [-0.4, -0.2) is 0 Å². The first-order chi connectivity index (χ1) is 5.33. The topological polar surface area (TPSA) is 0 Å². The summed E-state index contributed by atoms with van der Waals surface area (Å²) in [6.45, 7) is 2.21. The summed E-state index contributed by atoms with van der Waals surface area (Å²) >= 11 is 4.28. The molecule has 0 spiro atoms. The molecule has 0 aromatic heterocycles. The van der Waals surface area contributed by atoms with Crippen LogP contribution < -0.4 is 0 Å². The Morgan fingerprint density at radius 2 is 2.18 bits per heavy atom. The van der Waals surface area contributed by atoms with Crippen LogP contribution in [0.2, 0.25) is 0 Å². The van der Waals surface area contributed by atoms with Gasteiger partial charge < -0.3 is 0 Å². The lowest BCUT2D eigenvalue weighted by molar-refractivity contribution is 0.793. The Hall–Kier alpha value is -0.430. The number of thiol groups is 1. The molecule has 0 N–H and O–H groups in total. The summed E-state index contributed by atoms with van der Waals surface area (Å²) in [6, 6.07) is 8.38. The van der Waals surface area contributed by atoms with Crippen molar-refractivity contribution in [3.05, 3.63) is 29.8 Å². The Bertz CT molecular complexity index is 218. The van der Waals surface area contributed by atoms with Gasteiger partial charge in [0, 0.05) is 4.90 Å². The molecule has 0 bridgehead atoms. The quantitative estimate of drug-likeness (QED) is 0.654. The van der Waals surface area contributed by atoms with Gasteiger partial charge in [-0.25, -0.2) is 0 Å². The van der Waals surface area contributed by atoms with E-state index in [-0.39, 0.29) is 0 Å². The molecule has 0 nitrogen and oxygen atoms in total. The number of hydrogen-bond donors (Lipinski definition) is 1. The molecule has 0 heterocycles. The van der Waals surface area contributed by atoms with Gasteiger partial charge in [0.2, 0.25) is 0 Å². The Kier molecular flexibility index (Phi) is 3.50. The number of benzene rings is 1. The molecule has 0 saturated heterocycles. The second-order valence-electron chi connectivity index (χ2n) is 2.77. The van der Waals surface area contributed by atoms with Gasteiger partial charge in [0.1, 0.15) is 0 Å². The van der Waals surface area contributed by atoms with Crippen molar-refractivity contribution in [2.75, 3.05) is 0 Å². The average molecular weight is 166 g/mol. The molecule has 60 valence electrons. The molecule has 1 aromatic rings. The Balaban J connectivity index is 2.56. The zero-order valence-electron chi connectivity index (χ0n) is 6.88. The fraction of sp³-hybridized carbons (Fsp3) is 0.400. The molecule has 0 saturated carbocycles. The minimum atomic E-state index is 1.07. The summed E-state index contributed by atoms with van der Waals surface area (Å²) in [5.74, 6) is 0. The number of aryl methyl sites for hydroxylation is 1. The summed E-state index contributed by atoms with van der Waals surface area (Å²) in [4.78, 5) is 1.07. The Morgan fingerprint density at radius 3 is 2.82 bits per heavy atom. The Labute approximate surface area is 74.0 Å². The van der Waals surface area contributed by atoms with E-state index in [9.17, 15) is 0 Å². The van der Waals surface area contributed by atoms with Crippen LogP contribution in [0.15, 0.2) is 29.2 Å². The third-order valence-corrected chi connectivity index (χ3v) is 2.01. The van der Waals surface area contributed by atoms with Gasteiger partial charge in [-0.15, -0.1) is 12.6 Å². The van der Waals surface area contributed by atoms with Crippen LogP contribution in [0.25, 0.3) is 0 Å². The van der Waals surface area contributed by atoms with Gasteiger partial charge in [0.05, 0.1) is 0 Å². The zero-order chi connectivity index (χ0) is 8.10. The SMILES string of the molecule is CCCCc1cccc(S)c1. The molecule has 0 aliphatic rings. The van der Waals surface area contributed by atoms with Crippen molar-refractivity contribution in [1.29, 1.82) is 0 Å². The molecule has 0 fully saturated rings. The monoisotopic (exact) mass is 166 g/mol. The number of hydrogen-bond acceptors (Lipinski definition) is 1.